The molecule has 18 heavy (non-hydrogen) atoms. The summed E-state index contributed by atoms with van der Waals surface area (Å²) >= 11 is 0. The Hall–Kier alpha value is -1.43. The first kappa shape index (κ1) is 14.6. The molecule has 6 nitrogen and oxygen atoms in total. The van der Waals surface area contributed by atoms with Crippen LogP contribution in [0.1, 0.15) is 33.4 Å². The van der Waals surface area contributed by atoms with Crippen LogP contribution in [0.2, 0.25) is 0 Å². The van der Waals surface area contributed by atoms with Crippen molar-refractivity contribution in [2.75, 3.05) is 6.54 Å². The summed E-state index contributed by atoms with van der Waals surface area (Å²) in [5, 5.41) is 14.3. The fourth-order valence-electron chi connectivity index (χ4n) is 1.96. The number of imidazole rings is 1. The van der Waals surface area contributed by atoms with Crippen LogP contribution in [0.3, 0.4) is 0 Å². The molecule has 1 aromatic rings. The maximum atomic E-state index is 10.9. The highest BCUT2D eigenvalue weighted by Gasteiger charge is 2.29. The Labute approximate surface area is 108 Å². The Kier molecular flexibility index (Phi) is 4.45. The average molecular weight is 254 g/mol. The van der Waals surface area contributed by atoms with E-state index in [-0.39, 0.29) is 17.3 Å². The molecule has 6 heteroatoms. The van der Waals surface area contributed by atoms with Crippen molar-refractivity contribution >= 4 is 5.82 Å². The molecule has 1 unspecified atom stereocenters. The molecule has 0 amide bonds. The zero-order valence-electron chi connectivity index (χ0n) is 11.7. The molecule has 0 radical (unpaired) electrons. The second-order valence-corrected chi connectivity index (χ2v) is 5.56. The molecule has 0 aliphatic rings. The van der Waals surface area contributed by atoms with E-state index in [0.29, 0.717) is 12.1 Å². The van der Waals surface area contributed by atoms with Gasteiger partial charge in [-0.3, -0.25) is 0 Å². The van der Waals surface area contributed by atoms with Crippen LogP contribution in [0.5, 0.6) is 0 Å². The van der Waals surface area contributed by atoms with Crippen LogP contribution in [-0.2, 0) is 13.5 Å². The number of aromatic nitrogens is 2. The van der Waals surface area contributed by atoms with E-state index in [9.17, 15) is 10.1 Å². The van der Waals surface area contributed by atoms with E-state index in [2.05, 4.69) is 31.1 Å². The molecule has 0 aromatic carbocycles. The van der Waals surface area contributed by atoms with E-state index in [1.807, 2.05) is 6.92 Å². The first-order valence-corrected chi connectivity index (χ1v) is 6.15. The van der Waals surface area contributed by atoms with Crippen LogP contribution in [0.15, 0.2) is 6.33 Å². The lowest BCUT2D eigenvalue weighted by molar-refractivity contribution is -0.390. The molecule has 0 spiro atoms. The number of aryl methyl sites for hydroxylation is 1. The third kappa shape index (κ3) is 3.29. The van der Waals surface area contributed by atoms with Gasteiger partial charge in [-0.2, -0.15) is 0 Å². The molecule has 0 saturated heterocycles. The standard InChI is InChI=1S/C12H22N4O2/c1-6-13-10(12(2,3)4)7-9-11(16(17)18)14-8-15(9)5/h8,10,13H,6-7H2,1-5H3. The zero-order chi connectivity index (χ0) is 13.9. The smallest absolute Gasteiger partial charge is 0.358 e. The van der Waals surface area contributed by atoms with Gasteiger partial charge in [-0.25, -0.2) is 0 Å². The van der Waals surface area contributed by atoms with E-state index < -0.39 is 4.92 Å². The lowest BCUT2D eigenvalue weighted by Crippen LogP contribution is -2.42. The normalized spacial score (nSPS) is 13.6. The van der Waals surface area contributed by atoms with Crippen molar-refractivity contribution in [1.82, 2.24) is 14.9 Å². The number of nitrogens with zero attached hydrogens (tertiary/aromatic N) is 3. The van der Waals surface area contributed by atoms with Gasteiger partial charge >= 0.3 is 5.82 Å². The highest BCUT2D eigenvalue weighted by molar-refractivity contribution is 5.28. The minimum absolute atomic E-state index is 0.0359. The summed E-state index contributed by atoms with van der Waals surface area (Å²) in [6.07, 6.45) is 2.10. The van der Waals surface area contributed by atoms with Crippen LogP contribution in [0, 0.1) is 15.5 Å². The summed E-state index contributed by atoms with van der Waals surface area (Å²) in [5.41, 5.74) is 0.703. The van der Waals surface area contributed by atoms with E-state index in [1.54, 1.807) is 11.6 Å². The molecule has 1 heterocycles. The summed E-state index contributed by atoms with van der Waals surface area (Å²) in [6.45, 7) is 9.26. The highest BCUT2D eigenvalue weighted by atomic mass is 16.6. The lowest BCUT2D eigenvalue weighted by atomic mass is 9.84. The molecule has 0 aliphatic carbocycles. The van der Waals surface area contributed by atoms with Gasteiger partial charge in [0.1, 0.15) is 5.69 Å². The van der Waals surface area contributed by atoms with Gasteiger partial charge in [-0.05, 0) is 21.9 Å². The summed E-state index contributed by atoms with van der Waals surface area (Å²) in [7, 11) is 1.79. The number of nitrogens with one attached hydrogen (secondary N) is 1. The SMILES string of the molecule is CCNC(Cc1c([N+](=O)[O-])ncn1C)C(C)(C)C. The molecule has 0 aliphatic heterocycles. The summed E-state index contributed by atoms with van der Waals surface area (Å²) in [6, 6.07) is 0.177. The van der Waals surface area contributed by atoms with Gasteiger partial charge in [-0.15, -0.1) is 0 Å². The van der Waals surface area contributed by atoms with E-state index in [1.165, 1.54) is 6.33 Å². The molecular formula is C12H22N4O2. The summed E-state index contributed by atoms with van der Waals surface area (Å²) < 4.78 is 1.73. The number of likely N-dealkylation sites (N-methyl/N-ethyl adjacent to an activating group) is 1. The predicted octanol–water partition coefficient (Wildman–Crippen LogP) is 1.89. The maximum absolute atomic E-state index is 10.9. The third-order valence-electron chi connectivity index (χ3n) is 3.10. The fraction of sp³-hybridized carbons (Fsp3) is 0.750. The van der Waals surface area contributed by atoms with Crippen LogP contribution >= 0.6 is 0 Å². The quantitative estimate of drug-likeness (QED) is 0.643. The highest BCUT2D eigenvalue weighted by Crippen LogP contribution is 2.25. The van der Waals surface area contributed by atoms with Crippen LogP contribution in [-0.4, -0.2) is 27.1 Å². The van der Waals surface area contributed by atoms with Gasteiger partial charge < -0.3 is 20.0 Å². The monoisotopic (exact) mass is 254 g/mol. The molecule has 0 fully saturated rings. The average Bonchev–Trinajstić information content (AvgIpc) is 2.58. The number of hydrogen-bond donors (Lipinski definition) is 1. The van der Waals surface area contributed by atoms with Gasteiger partial charge in [0.25, 0.3) is 0 Å². The second kappa shape index (κ2) is 5.48. The minimum Gasteiger partial charge on any atom is -0.358 e. The summed E-state index contributed by atoms with van der Waals surface area (Å²) in [5.74, 6) is -0.0374. The maximum Gasteiger partial charge on any atom is 0.384 e. The zero-order valence-corrected chi connectivity index (χ0v) is 11.7. The first-order chi connectivity index (χ1) is 8.27. The molecule has 102 valence electrons. The van der Waals surface area contributed by atoms with Gasteiger partial charge in [0.15, 0.2) is 0 Å². The third-order valence-corrected chi connectivity index (χ3v) is 3.10. The predicted molar refractivity (Wildman–Crippen MR) is 70.5 cm³/mol. The Morgan fingerprint density at radius 2 is 2.17 bits per heavy atom. The minimum atomic E-state index is -0.416. The van der Waals surface area contributed by atoms with Crippen molar-refractivity contribution in [1.29, 1.82) is 0 Å². The topological polar surface area (TPSA) is 73.0 Å². The Morgan fingerprint density at radius 1 is 1.56 bits per heavy atom. The second-order valence-electron chi connectivity index (χ2n) is 5.56. The molecule has 1 atom stereocenters. The largest absolute Gasteiger partial charge is 0.384 e. The molecule has 1 N–H and O–H groups in total. The van der Waals surface area contributed by atoms with Crippen LogP contribution < -0.4 is 5.32 Å². The number of hydrogen-bond acceptors (Lipinski definition) is 4. The van der Waals surface area contributed by atoms with Gasteiger partial charge in [0.2, 0.25) is 6.33 Å². The van der Waals surface area contributed by atoms with Crippen LogP contribution in [0.4, 0.5) is 5.82 Å². The molecular weight excluding hydrogens is 232 g/mol. The Morgan fingerprint density at radius 3 is 2.61 bits per heavy atom. The van der Waals surface area contributed by atoms with Gasteiger partial charge in [0, 0.05) is 19.5 Å². The molecule has 0 saturated carbocycles. The van der Waals surface area contributed by atoms with Crippen molar-refractivity contribution in [3.05, 3.63) is 22.1 Å². The molecule has 1 rings (SSSR count). The lowest BCUT2D eigenvalue weighted by Gasteiger charge is -2.31. The Bertz CT molecular complexity index is 420. The van der Waals surface area contributed by atoms with E-state index in [0.717, 1.165) is 6.54 Å². The first-order valence-electron chi connectivity index (χ1n) is 6.15. The van der Waals surface area contributed by atoms with Crippen molar-refractivity contribution in [2.45, 2.75) is 40.2 Å². The number of rotatable bonds is 5. The van der Waals surface area contributed by atoms with Gasteiger partial charge in [-0.1, -0.05) is 27.7 Å². The van der Waals surface area contributed by atoms with Crippen molar-refractivity contribution in [3.63, 3.8) is 0 Å². The molecule has 0 bridgehead atoms. The van der Waals surface area contributed by atoms with E-state index in [4.69, 9.17) is 0 Å². The van der Waals surface area contributed by atoms with Crippen LogP contribution in [0.25, 0.3) is 0 Å². The fourth-order valence-corrected chi connectivity index (χ4v) is 1.96. The molecule has 1 aromatic heterocycles. The van der Waals surface area contributed by atoms with Gasteiger partial charge in [0.05, 0.1) is 0 Å². The summed E-state index contributed by atoms with van der Waals surface area (Å²) in [4.78, 5) is 14.4. The van der Waals surface area contributed by atoms with Crippen molar-refractivity contribution in [2.24, 2.45) is 12.5 Å². The van der Waals surface area contributed by atoms with Crippen molar-refractivity contribution < 1.29 is 4.92 Å². The van der Waals surface area contributed by atoms with E-state index >= 15 is 0 Å². The Balaban J connectivity index is 3.00. The number of nitro groups is 1. The van der Waals surface area contributed by atoms with Crippen molar-refractivity contribution in [3.8, 4) is 0 Å².